The van der Waals surface area contributed by atoms with Gasteiger partial charge in [-0.15, -0.1) is 11.3 Å². The van der Waals surface area contributed by atoms with E-state index >= 15 is 0 Å². The van der Waals surface area contributed by atoms with Crippen molar-refractivity contribution in [1.82, 2.24) is 19.9 Å². The van der Waals surface area contributed by atoms with Crippen molar-refractivity contribution in [2.45, 2.75) is 0 Å². The van der Waals surface area contributed by atoms with Crippen LogP contribution in [-0.4, -0.2) is 19.9 Å². The number of hydrogen-bond donors (Lipinski definition) is 0. The van der Waals surface area contributed by atoms with Crippen LogP contribution in [0.25, 0.3) is 125 Å². The second-order valence-corrected chi connectivity index (χ2v) is 16.8. The van der Waals surface area contributed by atoms with Gasteiger partial charge in [-0.3, -0.25) is 4.98 Å². The van der Waals surface area contributed by atoms with E-state index in [0.717, 1.165) is 66.2 Å². The monoisotopic (exact) mass is 819 g/mol. The number of fused-ring (bicyclic) bond motifs is 8. The van der Waals surface area contributed by atoms with Gasteiger partial charge in [-0.1, -0.05) is 158 Å². The van der Waals surface area contributed by atoms with Crippen LogP contribution in [0.2, 0.25) is 0 Å². The highest BCUT2D eigenvalue weighted by molar-refractivity contribution is 7.25. The zero-order chi connectivity index (χ0) is 41.9. The lowest BCUT2D eigenvalue weighted by Gasteiger charge is -2.16. The smallest absolute Gasteiger partial charge is 0.187 e. The second kappa shape index (κ2) is 15.0. The molecule has 0 spiro atoms. The lowest BCUT2D eigenvalue weighted by atomic mass is 9.88. The Bertz CT molecular complexity index is 3790. The molecule has 0 fully saturated rings. The molecule has 12 aromatic rings. The van der Waals surface area contributed by atoms with E-state index in [4.69, 9.17) is 26.5 Å². The summed E-state index contributed by atoms with van der Waals surface area (Å²) in [5.74, 6) is 1.87. The molecule has 0 aliphatic heterocycles. The van der Waals surface area contributed by atoms with Crippen LogP contribution >= 0.6 is 11.3 Å². The maximum absolute atomic E-state index is 7.32. The largest absolute Gasteiger partial charge is 0.256 e. The van der Waals surface area contributed by atoms with Gasteiger partial charge in [0.1, 0.15) is 0 Å². The average molecular weight is 820 g/mol. The molecule has 292 valence electrons. The van der Waals surface area contributed by atoms with Crippen LogP contribution < -0.4 is 0 Å². The van der Waals surface area contributed by atoms with Gasteiger partial charge in [0, 0.05) is 54.0 Å². The number of pyridine rings is 1. The third-order valence-electron chi connectivity index (χ3n) is 12.0. The van der Waals surface area contributed by atoms with Crippen molar-refractivity contribution in [3.63, 3.8) is 0 Å². The van der Waals surface area contributed by atoms with Crippen LogP contribution in [0, 0.1) is 6.57 Å². The van der Waals surface area contributed by atoms with Crippen LogP contribution in [0.1, 0.15) is 0 Å². The average Bonchev–Trinajstić information content (AvgIpc) is 3.74. The molecular formula is C57H33N5S. The summed E-state index contributed by atoms with van der Waals surface area (Å²) in [4.78, 5) is 23.9. The minimum atomic E-state index is 0.608. The van der Waals surface area contributed by atoms with E-state index in [0.29, 0.717) is 23.2 Å². The predicted octanol–water partition coefficient (Wildman–Crippen LogP) is 15.6. The van der Waals surface area contributed by atoms with Crippen molar-refractivity contribution in [1.29, 1.82) is 0 Å². The van der Waals surface area contributed by atoms with Crippen molar-refractivity contribution >= 4 is 69.6 Å². The summed E-state index contributed by atoms with van der Waals surface area (Å²) in [7, 11) is 0. The Morgan fingerprint density at radius 1 is 0.349 bits per heavy atom. The summed E-state index contributed by atoms with van der Waals surface area (Å²) in [5.41, 5.74) is 10.9. The minimum Gasteiger partial charge on any atom is -0.256 e. The lowest BCUT2D eigenvalue weighted by molar-refractivity contribution is 1.07. The molecule has 0 saturated heterocycles. The highest BCUT2D eigenvalue weighted by atomic mass is 32.1. The fourth-order valence-corrected chi connectivity index (χ4v) is 10.0. The fraction of sp³-hybridized carbons (Fsp3) is 0. The summed E-state index contributed by atoms with van der Waals surface area (Å²) in [6.45, 7) is 7.32. The molecule has 0 aliphatic rings. The topological polar surface area (TPSA) is 55.9 Å². The molecule has 9 aromatic carbocycles. The molecule has 6 heteroatoms. The molecule has 0 bridgehead atoms. The molecule has 3 heterocycles. The predicted molar refractivity (Wildman–Crippen MR) is 262 cm³/mol. The summed E-state index contributed by atoms with van der Waals surface area (Å²) >= 11 is 1.79. The Labute approximate surface area is 367 Å². The first-order valence-electron chi connectivity index (χ1n) is 20.8. The first kappa shape index (κ1) is 36.5. The highest BCUT2D eigenvalue weighted by Gasteiger charge is 2.18. The van der Waals surface area contributed by atoms with E-state index in [9.17, 15) is 0 Å². The van der Waals surface area contributed by atoms with Gasteiger partial charge < -0.3 is 0 Å². The zero-order valence-corrected chi connectivity index (χ0v) is 34.5. The molecule has 0 atom stereocenters. The number of thiophene rings is 1. The van der Waals surface area contributed by atoms with E-state index in [1.165, 1.54) is 36.5 Å². The first-order valence-corrected chi connectivity index (χ1v) is 21.6. The lowest BCUT2D eigenvalue weighted by Crippen LogP contribution is -2.00. The standard InChI is InChI=1S/C57H33N5S/c1-58-42-27-24-36(25-28-42)35-20-22-37(23-21-35)48-33-51-47-18-10-30-59-54(47)49(34-50(51)44-16-6-5-15-43(44)48)39-13-9-14-40(31-39)56-60-55(38-11-3-2-4-12-38)61-57(62-56)41-26-29-46-45-17-7-8-19-52(45)63-53(46)32-41/h2-34H. The molecular weight excluding hydrogens is 787 g/mol. The fourth-order valence-electron chi connectivity index (χ4n) is 8.90. The number of hydrogen-bond acceptors (Lipinski definition) is 5. The third kappa shape index (κ3) is 6.39. The Balaban J connectivity index is 0.993. The van der Waals surface area contributed by atoms with Gasteiger partial charge in [0.25, 0.3) is 0 Å². The maximum atomic E-state index is 7.32. The summed E-state index contributed by atoms with van der Waals surface area (Å²) in [5, 5.41) is 8.26. The van der Waals surface area contributed by atoms with Gasteiger partial charge >= 0.3 is 0 Å². The maximum Gasteiger partial charge on any atom is 0.187 e. The summed E-state index contributed by atoms with van der Waals surface area (Å²) < 4.78 is 2.46. The first-order chi connectivity index (χ1) is 31.1. The van der Waals surface area contributed by atoms with Crippen molar-refractivity contribution < 1.29 is 0 Å². The zero-order valence-electron chi connectivity index (χ0n) is 33.7. The summed E-state index contributed by atoms with van der Waals surface area (Å²) in [6, 6.07) is 67.7. The molecule has 0 saturated carbocycles. The molecule has 0 unspecified atom stereocenters. The van der Waals surface area contributed by atoms with Gasteiger partial charge in [0.15, 0.2) is 23.2 Å². The SMILES string of the molecule is [C-]#[N+]c1ccc(-c2ccc(-c3cc4c5cccnc5c(-c5cccc(-c6nc(-c7ccccc7)nc(-c7ccc8c(c7)sc7ccccc78)n6)c5)cc4c4ccccc34)cc2)cc1. The van der Waals surface area contributed by atoms with E-state index in [1.807, 2.05) is 66.9 Å². The van der Waals surface area contributed by atoms with Gasteiger partial charge in [0.2, 0.25) is 0 Å². The highest BCUT2D eigenvalue weighted by Crippen LogP contribution is 2.42. The van der Waals surface area contributed by atoms with Gasteiger partial charge in [-0.05, 0) is 85.8 Å². The normalized spacial score (nSPS) is 11.5. The van der Waals surface area contributed by atoms with E-state index in [2.05, 4.69) is 138 Å². The van der Waals surface area contributed by atoms with E-state index < -0.39 is 0 Å². The van der Waals surface area contributed by atoms with Crippen molar-refractivity contribution in [3.8, 4) is 67.5 Å². The van der Waals surface area contributed by atoms with Crippen LogP contribution in [0.3, 0.4) is 0 Å². The van der Waals surface area contributed by atoms with E-state index in [-0.39, 0.29) is 0 Å². The Morgan fingerprint density at radius 3 is 1.68 bits per heavy atom. The molecule has 0 radical (unpaired) electrons. The third-order valence-corrected chi connectivity index (χ3v) is 13.1. The summed E-state index contributed by atoms with van der Waals surface area (Å²) in [6.07, 6.45) is 1.88. The van der Waals surface area contributed by atoms with Crippen LogP contribution in [0.5, 0.6) is 0 Å². The molecule has 0 amide bonds. The number of nitrogens with zero attached hydrogens (tertiary/aromatic N) is 5. The quantitative estimate of drug-likeness (QED) is 0.124. The van der Waals surface area contributed by atoms with E-state index in [1.54, 1.807) is 11.3 Å². The molecule has 3 aromatic heterocycles. The molecule has 5 nitrogen and oxygen atoms in total. The minimum absolute atomic E-state index is 0.608. The van der Waals surface area contributed by atoms with Gasteiger partial charge in [-0.2, -0.15) is 0 Å². The van der Waals surface area contributed by atoms with Gasteiger partial charge in [0.05, 0.1) is 12.1 Å². The molecule has 0 aliphatic carbocycles. The van der Waals surface area contributed by atoms with Crippen LogP contribution in [0.15, 0.2) is 200 Å². The Kier molecular flexibility index (Phi) is 8.67. The van der Waals surface area contributed by atoms with Crippen LogP contribution in [-0.2, 0) is 0 Å². The molecule has 0 N–H and O–H groups in total. The van der Waals surface area contributed by atoms with Crippen molar-refractivity contribution in [3.05, 3.63) is 212 Å². The van der Waals surface area contributed by atoms with Gasteiger partial charge in [-0.25, -0.2) is 19.8 Å². The molecule has 12 rings (SSSR count). The second-order valence-electron chi connectivity index (χ2n) is 15.7. The van der Waals surface area contributed by atoms with Crippen molar-refractivity contribution in [2.75, 3.05) is 0 Å². The van der Waals surface area contributed by atoms with Crippen LogP contribution in [0.4, 0.5) is 5.69 Å². The van der Waals surface area contributed by atoms with Crippen molar-refractivity contribution in [2.24, 2.45) is 0 Å². The Hall–Kier alpha value is -8.37. The number of benzene rings is 9. The Morgan fingerprint density at radius 2 is 0.905 bits per heavy atom. The molecule has 63 heavy (non-hydrogen) atoms. The number of aromatic nitrogens is 4. The number of rotatable bonds is 6.